The highest BCUT2D eigenvalue weighted by Gasteiger charge is 2.42. The van der Waals surface area contributed by atoms with E-state index in [-0.39, 0.29) is 35.6 Å². The molecule has 0 radical (unpaired) electrons. The van der Waals surface area contributed by atoms with Crippen LogP contribution in [0.5, 0.6) is 5.95 Å². The van der Waals surface area contributed by atoms with Gasteiger partial charge in [-0.15, -0.1) is 0 Å². The van der Waals surface area contributed by atoms with Crippen molar-refractivity contribution in [2.45, 2.75) is 24.9 Å². The molecule has 2 aromatic carbocycles. The number of fused-ring (bicyclic) bond motifs is 1. The summed E-state index contributed by atoms with van der Waals surface area (Å²) in [5.41, 5.74) is 7.34. The molecule has 0 amide bonds. The van der Waals surface area contributed by atoms with E-state index in [1.165, 1.54) is 0 Å². The third-order valence-corrected chi connectivity index (χ3v) is 5.08. The van der Waals surface area contributed by atoms with Crippen molar-refractivity contribution in [2.75, 3.05) is 0 Å². The predicted octanol–water partition coefficient (Wildman–Crippen LogP) is 2.47. The smallest absolute Gasteiger partial charge is 0.349 e. The number of furan rings is 1. The highest BCUT2D eigenvalue weighted by molar-refractivity contribution is 6.22. The van der Waals surface area contributed by atoms with E-state index in [0.717, 1.165) is 11.1 Å². The maximum absolute atomic E-state index is 12.9. The Labute approximate surface area is 183 Å². The summed E-state index contributed by atoms with van der Waals surface area (Å²) in [5, 5.41) is 10.3. The molecule has 1 aliphatic rings. The molecule has 0 spiro atoms. The summed E-state index contributed by atoms with van der Waals surface area (Å²) in [7, 11) is 0. The molecule has 0 saturated carbocycles. The maximum Gasteiger partial charge on any atom is 0.349 e. The number of rotatable bonds is 8. The van der Waals surface area contributed by atoms with Crippen LogP contribution in [-0.2, 0) is 22.4 Å². The van der Waals surface area contributed by atoms with Crippen molar-refractivity contribution >= 4 is 23.9 Å². The van der Waals surface area contributed by atoms with Crippen LogP contribution >= 0.6 is 0 Å². The zero-order valence-corrected chi connectivity index (χ0v) is 16.9. The summed E-state index contributed by atoms with van der Waals surface area (Å²) in [4.78, 5) is 41.0. The molecule has 0 fully saturated rings. The minimum atomic E-state index is -0.998. The molecule has 162 valence electrons. The summed E-state index contributed by atoms with van der Waals surface area (Å²) in [6.45, 7) is 0. The standard InChI is InChI=1S/C24H20N2O6/c25-17(12-15-9-5-2-6-10-15)20(28)21-18-19(24(30)31-21)22(32-23(18)29)26-16(13-27)11-14-7-3-1-4-8-14/h1-10,13,16-17,30H,11-12,25H2/t16-,17+/m1/s1. The van der Waals surface area contributed by atoms with E-state index in [9.17, 15) is 19.5 Å². The Hall–Kier alpha value is -4.04. The van der Waals surface area contributed by atoms with E-state index in [2.05, 4.69) is 4.99 Å². The lowest BCUT2D eigenvalue weighted by Crippen LogP contribution is -2.33. The van der Waals surface area contributed by atoms with Crippen LogP contribution in [0.2, 0.25) is 0 Å². The average molecular weight is 432 g/mol. The molecule has 3 N–H and O–H groups in total. The molecule has 3 aromatic rings. The van der Waals surface area contributed by atoms with Crippen LogP contribution in [0, 0.1) is 0 Å². The van der Waals surface area contributed by atoms with Crippen LogP contribution in [0.25, 0.3) is 0 Å². The van der Waals surface area contributed by atoms with Crippen molar-refractivity contribution in [1.29, 1.82) is 0 Å². The Kier molecular flexibility index (Phi) is 5.96. The monoisotopic (exact) mass is 432 g/mol. The predicted molar refractivity (Wildman–Crippen MR) is 115 cm³/mol. The number of carbonyl (C=O) groups excluding carboxylic acids is 3. The Bertz CT molecular complexity index is 1180. The lowest BCUT2D eigenvalue weighted by atomic mass is 9.99. The van der Waals surface area contributed by atoms with E-state index in [0.29, 0.717) is 6.29 Å². The van der Waals surface area contributed by atoms with Crippen molar-refractivity contribution in [3.63, 3.8) is 0 Å². The van der Waals surface area contributed by atoms with Crippen LogP contribution in [0.1, 0.15) is 37.6 Å². The van der Waals surface area contributed by atoms with E-state index < -0.39 is 29.8 Å². The van der Waals surface area contributed by atoms with Crippen LogP contribution in [0.15, 0.2) is 70.1 Å². The van der Waals surface area contributed by atoms with Gasteiger partial charge >= 0.3 is 5.97 Å². The first kappa shape index (κ1) is 21.2. The Morgan fingerprint density at radius 1 is 1.00 bits per heavy atom. The number of cyclic esters (lactones) is 1. The summed E-state index contributed by atoms with van der Waals surface area (Å²) < 4.78 is 10.3. The SMILES string of the molecule is N[C@@H](Cc1ccccc1)C(=O)c1oc(O)c2c1C(=O)OC2=N[C@@H](C=O)Cc1ccccc1. The highest BCUT2D eigenvalue weighted by atomic mass is 16.6. The van der Waals surface area contributed by atoms with E-state index in [1.54, 1.807) is 0 Å². The lowest BCUT2D eigenvalue weighted by Gasteiger charge is -2.09. The molecule has 2 heterocycles. The van der Waals surface area contributed by atoms with E-state index in [4.69, 9.17) is 14.9 Å². The van der Waals surface area contributed by atoms with Crippen LogP contribution < -0.4 is 5.73 Å². The third-order valence-electron chi connectivity index (χ3n) is 5.08. The summed E-state index contributed by atoms with van der Waals surface area (Å²) in [6.07, 6.45) is 1.11. The van der Waals surface area contributed by atoms with Gasteiger partial charge < -0.3 is 24.8 Å². The van der Waals surface area contributed by atoms with Crippen molar-refractivity contribution in [3.8, 4) is 5.95 Å². The third kappa shape index (κ3) is 4.21. The Balaban J connectivity index is 1.61. The van der Waals surface area contributed by atoms with E-state index in [1.807, 2.05) is 60.7 Å². The number of nitrogens with zero attached hydrogens (tertiary/aromatic N) is 1. The number of ketones is 1. The molecule has 8 heteroatoms. The lowest BCUT2D eigenvalue weighted by molar-refractivity contribution is -0.108. The molecule has 2 atom stereocenters. The van der Waals surface area contributed by atoms with Crippen LogP contribution in [0.4, 0.5) is 0 Å². The topological polar surface area (TPSA) is 132 Å². The fraction of sp³-hybridized carbons (Fsp3) is 0.167. The fourth-order valence-electron chi connectivity index (χ4n) is 3.53. The summed E-state index contributed by atoms with van der Waals surface area (Å²) in [6, 6.07) is 16.5. The first-order chi connectivity index (χ1) is 15.5. The van der Waals surface area contributed by atoms with Gasteiger partial charge in [-0.2, -0.15) is 0 Å². The first-order valence-corrected chi connectivity index (χ1v) is 9.97. The van der Waals surface area contributed by atoms with Gasteiger partial charge in [0.15, 0.2) is 5.76 Å². The second kappa shape index (κ2) is 8.99. The maximum atomic E-state index is 12.9. The fourth-order valence-corrected chi connectivity index (χ4v) is 3.53. The van der Waals surface area contributed by atoms with Gasteiger partial charge in [-0.1, -0.05) is 60.7 Å². The second-order valence-electron chi connectivity index (χ2n) is 7.36. The van der Waals surface area contributed by atoms with Crippen LogP contribution in [0.3, 0.4) is 0 Å². The van der Waals surface area contributed by atoms with Gasteiger partial charge in [0.1, 0.15) is 23.5 Å². The number of ether oxygens (including phenoxy) is 1. The molecule has 8 nitrogen and oxygen atoms in total. The number of aliphatic imine (C=N–C) groups is 1. The molecule has 1 aromatic heterocycles. The highest BCUT2D eigenvalue weighted by Crippen LogP contribution is 2.35. The molecule has 0 aliphatic carbocycles. The van der Waals surface area contributed by atoms with Crippen molar-refractivity contribution in [1.82, 2.24) is 0 Å². The molecule has 1 aliphatic heterocycles. The quantitative estimate of drug-likeness (QED) is 0.317. The van der Waals surface area contributed by atoms with Crippen molar-refractivity contribution < 1.29 is 28.6 Å². The normalized spacial score (nSPS) is 15.8. The van der Waals surface area contributed by atoms with Gasteiger partial charge in [0.2, 0.25) is 11.7 Å². The van der Waals surface area contributed by atoms with Gasteiger partial charge in [0.05, 0.1) is 6.04 Å². The number of esters is 1. The molecular formula is C24H20N2O6. The molecule has 32 heavy (non-hydrogen) atoms. The number of carbonyl (C=O) groups is 3. The van der Waals surface area contributed by atoms with Crippen molar-refractivity contribution in [2.24, 2.45) is 10.7 Å². The van der Waals surface area contributed by atoms with Crippen molar-refractivity contribution in [3.05, 3.63) is 88.7 Å². The Morgan fingerprint density at radius 3 is 2.19 bits per heavy atom. The number of aldehydes is 1. The second-order valence-corrected chi connectivity index (χ2v) is 7.36. The minimum Gasteiger partial charge on any atom is -0.480 e. The number of benzene rings is 2. The first-order valence-electron chi connectivity index (χ1n) is 9.97. The molecular weight excluding hydrogens is 412 g/mol. The summed E-state index contributed by atoms with van der Waals surface area (Å²) >= 11 is 0. The number of Topliss-reactive ketones (excluding diaryl/α,β-unsaturated/α-hetero) is 1. The van der Waals surface area contributed by atoms with Crippen LogP contribution in [-0.4, -0.2) is 41.1 Å². The number of aromatic hydroxyl groups is 1. The largest absolute Gasteiger partial charge is 0.480 e. The number of nitrogens with two attached hydrogens (primary N) is 1. The van der Waals surface area contributed by atoms with Gasteiger partial charge in [0, 0.05) is 6.42 Å². The van der Waals surface area contributed by atoms with Gasteiger partial charge in [-0.3, -0.25) is 4.79 Å². The zero-order chi connectivity index (χ0) is 22.7. The molecule has 0 bridgehead atoms. The molecule has 4 rings (SSSR count). The number of hydrogen-bond acceptors (Lipinski definition) is 8. The van der Waals surface area contributed by atoms with Gasteiger partial charge in [0.25, 0.3) is 5.95 Å². The number of hydrogen-bond donors (Lipinski definition) is 2. The van der Waals surface area contributed by atoms with E-state index >= 15 is 0 Å². The summed E-state index contributed by atoms with van der Waals surface area (Å²) in [5.74, 6) is -2.90. The average Bonchev–Trinajstić information content (AvgIpc) is 3.32. The van der Waals surface area contributed by atoms with Gasteiger partial charge in [-0.25, -0.2) is 9.79 Å². The van der Waals surface area contributed by atoms with Gasteiger partial charge in [-0.05, 0) is 17.5 Å². The molecule has 0 unspecified atom stereocenters. The molecule has 0 saturated heterocycles. The Morgan fingerprint density at radius 2 is 1.59 bits per heavy atom. The minimum absolute atomic E-state index is 0.148. The zero-order valence-electron chi connectivity index (χ0n) is 16.9.